The molecule has 0 aliphatic rings. The van der Waals surface area contributed by atoms with Gasteiger partial charge in [0.1, 0.15) is 12.0 Å². The van der Waals surface area contributed by atoms with Crippen molar-refractivity contribution in [1.82, 2.24) is 9.55 Å². The van der Waals surface area contributed by atoms with Crippen LogP contribution in [0.25, 0.3) is 5.69 Å². The van der Waals surface area contributed by atoms with Crippen molar-refractivity contribution in [2.75, 3.05) is 5.73 Å². The molecule has 0 saturated heterocycles. The molecule has 0 saturated carbocycles. The number of nitrogens with two attached hydrogens (primary N) is 1. The summed E-state index contributed by atoms with van der Waals surface area (Å²) in [5, 5.41) is 0. The Bertz CT molecular complexity index is 779. The van der Waals surface area contributed by atoms with Crippen molar-refractivity contribution in [1.29, 1.82) is 0 Å². The molecule has 21 heavy (non-hydrogen) atoms. The second-order valence-corrected chi connectivity index (χ2v) is 5.44. The molecule has 0 atom stereocenters. The Kier molecular flexibility index (Phi) is 3.58. The summed E-state index contributed by atoms with van der Waals surface area (Å²) in [4.78, 5) is 16.7. The number of aromatic nitrogens is 2. The lowest BCUT2D eigenvalue weighted by Crippen LogP contribution is -2.10. The zero-order valence-corrected chi connectivity index (χ0v) is 12.6. The molecule has 0 fully saturated rings. The highest BCUT2D eigenvalue weighted by atomic mass is 79.9. The van der Waals surface area contributed by atoms with Crippen LogP contribution in [0.2, 0.25) is 0 Å². The molecule has 1 heterocycles. The Morgan fingerprint density at radius 2 is 1.71 bits per heavy atom. The standard InChI is InChI=1S/C16H12BrN3O/c17-12-6-8-13(9-7-12)20-10-19-16(18)14(20)15(21)11-4-2-1-3-5-11/h1-10H,18H2. The molecule has 0 bridgehead atoms. The van der Waals surface area contributed by atoms with E-state index in [1.807, 2.05) is 42.5 Å². The first-order chi connectivity index (χ1) is 10.2. The van der Waals surface area contributed by atoms with E-state index in [1.54, 1.807) is 23.0 Å². The van der Waals surface area contributed by atoms with Gasteiger partial charge >= 0.3 is 0 Å². The van der Waals surface area contributed by atoms with Gasteiger partial charge in [0.05, 0.1) is 0 Å². The third-order valence-corrected chi connectivity index (χ3v) is 3.68. The van der Waals surface area contributed by atoms with E-state index in [-0.39, 0.29) is 11.6 Å². The number of hydrogen-bond acceptors (Lipinski definition) is 3. The Morgan fingerprint density at radius 3 is 2.38 bits per heavy atom. The second kappa shape index (κ2) is 5.54. The Labute approximate surface area is 130 Å². The first kappa shape index (κ1) is 13.6. The SMILES string of the molecule is Nc1ncn(-c2ccc(Br)cc2)c1C(=O)c1ccccc1. The van der Waals surface area contributed by atoms with Gasteiger partial charge in [0.25, 0.3) is 0 Å². The van der Waals surface area contributed by atoms with Gasteiger partial charge in [-0.05, 0) is 24.3 Å². The Morgan fingerprint density at radius 1 is 1.05 bits per heavy atom. The number of nitrogen functional groups attached to an aromatic ring is 1. The van der Waals surface area contributed by atoms with Crippen molar-refractivity contribution in [2.24, 2.45) is 0 Å². The van der Waals surface area contributed by atoms with Crippen LogP contribution in [0.5, 0.6) is 0 Å². The van der Waals surface area contributed by atoms with Crippen LogP contribution in [-0.4, -0.2) is 15.3 Å². The minimum Gasteiger partial charge on any atom is -0.382 e. The van der Waals surface area contributed by atoms with Crippen LogP contribution in [0.4, 0.5) is 5.82 Å². The molecule has 4 nitrogen and oxygen atoms in total. The molecule has 5 heteroatoms. The van der Waals surface area contributed by atoms with E-state index in [2.05, 4.69) is 20.9 Å². The molecule has 104 valence electrons. The average Bonchev–Trinajstić information content (AvgIpc) is 2.90. The topological polar surface area (TPSA) is 60.9 Å². The lowest BCUT2D eigenvalue weighted by atomic mass is 10.1. The summed E-state index contributed by atoms with van der Waals surface area (Å²) >= 11 is 3.39. The van der Waals surface area contributed by atoms with Gasteiger partial charge in [-0.1, -0.05) is 46.3 Å². The number of anilines is 1. The fraction of sp³-hybridized carbons (Fsp3) is 0. The monoisotopic (exact) mass is 341 g/mol. The number of ketones is 1. The molecule has 3 rings (SSSR count). The van der Waals surface area contributed by atoms with Crippen LogP contribution in [-0.2, 0) is 0 Å². The van der Waals surface area contributed by atoms with Gasteiger partial charge in [0, 0.05) is 15.7 Å². The highest BCUT2D eigenvalue weighted by molar-refractivity contribution is 9.10. The smallest absolute Gasteiger partial charge is 0.213 e. The van der Waals surface area contributed by atoms with Gasteiger partial charge in [-0.25, -0.2) is 4.98 Å². The molecule has 2 N–H and O–H groups in total. The fourth-order valence-electron chi connectivity index (χ4n) is 2.11. The van der Waals surface area contributed by atoms with E-state index >= 15 is 0 Å². The molecule has 0 aliphatic carbocycles. The number of imidazole rings is 1. The Hall–Kier alpha value is -2.40. The minimum absolute atomic E-state index is 0.145. The molecule has 0 aliphatic heterocycles. The fourth-order valence-corrected chi connectivity index (χ4v) is 2.38. The van der Waals surface area contributed by atoms with Gasteiger partial charge in [-0.3, -0.25) is 9.36 Å². The predicted molar refractivity (Wildman–Crippen MR) is 85.6 cm³/mol. The van der Waals surface area contributed by atoms with E-state index in [0.717, 1.165) is 10.2 Å². The van der Waals surface area contributed by atoms with Gasteiger partial charge in [0.2, 0.25) is 5.78 Å². The molecule has 0 unspecified atom stereocenters. The second-order valence-electron chi connectivity index (χ2n) is 4.52. The largest absolute Gasteiger partial charge is 0.382 e. The van der Waals surface area contributed by atoms with Crippen molar-refractivity contribution in [2.45, 2.75) is 0 Å². The molecule has 2 aromatic carbocycles. The summed E-state index contributed by atoms with van der Waals surface area (Å²) in [5.41, 5.74) is 7.68. The normalized spacial score (nSPS) is 10.5. The number of hydrogen-bond donors (Lipinski definition) is 1. The number of benzene rings is 2. The van der Waals surface area contributed by atoms with Gasteiger partial charge in [-0.2, -0.15) is 0 Å². The van der Waals surface area contributed by atoms with Crippen molar-refractivity contribution >= 4 is 27.5 Å². The average molecular weight is 342 g/mol. The summed E-state index contributed by atoms with van der Waals surface area (Å²) in [6, 6.07) is 16.6. The zero-order valence-electron chi connectivity index (χ0n) is 11.0. The highest BCUT2D eigenvalue weighted by Crippen LogP contribution is 2.21. The lowest BCUT2D eigenvalue weighted by Gasteiger charge is -2.08. The number of halogens is 1. The minimum atomic E-state index is -0.145. The summed E-state index contributed by atoms with van der Waals surface area (Å²) in [7, 11) is 0. The van der Waals surface area contributed by atoms with Crippen LogP contribution in [0.15, 0.2) is 65.4 Å². The van der Waals surface area contributed by atoms with Crippen molar-refractivity contribution < 1.29 is 4.79 Å². The quantitative estimate of drug-likeness (QED) is 0.742. The molecule has 0 amide bonds. The molecule has 0 radical (unpaired) electrons. The van der Waals surface area contributed by atoms with Crippen LogP contribution in [0, 0.1) is 0 Å². The molecule has 1 aromatic heterocycles. The number of carbonyl (C=O) groups excluding carboxylic acids is 1. The highest BCUT2D eigenvalue weighted by Gasteiger charge is 2.19. The van der Waals surface area contributed by atoms with Crippen LogP contribution >= 0.6 is 15.9 Å². The molecule has 0 spiro atoms. The van der Waals surface area contributed by atoms with Gasteiger partial charge in [0.15, 0.2) is 5.82 Å². The maximum absolute atomic E-state index is 12.6. The van der Waals surface area contributed by atoms with Crippen molar-refractivity contribution in [3.8, 4) is 5.69 Å². The van der Waals surface area contributed by atoms with Gasteiger partial charge in [-0.15, -0.1) is 0 Å². The van der Waals surface area contributed by atoms with Crippen LogP contribution in [0.1, 0.15) is 16.1 Å². The van der Waals surface area contributed by atoms with Crippen LogP contribution < -0.4 is 5.73 Å². The summed E-state index contributed by atoms with van der Waals surface area (Å²) in [5.74, 6) is 0.0836. The predicted octanol–water partition coefficient (Wildman–Crippen LogP) is 3.45. The number of rotatable bonds is 3. The maximum atomic E-state index is 12.6. The lowest BCUT2D eigenvalue weighted by molar-refractivity contribution is 0.103. The van der Waals surface area contributed by atoms with Crippen molar-refractivity contribution in [3.05, 3.63) is 76.7 Å². The first-order valence-corrected chi connectivity index (χ1v) is 7.14. The zero-order chi connectivity index (χ0) is 14.8. The number of carbonyl (C=O) groups is 1. The van der Waals surface area contributed by atoms with E-state index in [4.69, 9.17) is 5.73 Å². The summed E-state index contributed by atoms with van der Waals surface area (Å²) in [6.45, 7) is 0. The first-order valence-electron chi connectivity index (χ1n) is 6.35. The van der Waals surface area contributed by atoms with E-state index < -0.39 is 0 Å². The molecule has 3 aromatic rings. The van der Waals surface area contributed by atoms with E-state index in [1.165, 1.54) is 0 Å². The summed E-state index contributed by atoms with van der Waals surface area (Å²) in [6.07, 6.45) is 1.56. The van der Waals surface area contributed by atoms with E-state index in [0.29, 0.717) is 11.3 Å². The van der Waals surface area contributed by atoms with Crippen LogP contribution in [0.3, 0.4) is 0 Å². The summed E-state index contributed by atoms with van der Waals surface area (Å²) < 4.78 is 2.67. The molecular formula is C16H12BrN3O. The third kappa shape index (κ3) is 2.60. The van der Waals surface area contributed by atoms with E-state index in [9.17, 15) is 4.79 Å². The van der Waals surface area contributed by atoms with Crippen molar-refractivity contribution in [3.63, 3.8) is 0 Å². The Balaban J connectivity index is 2.09. The number of nitrogens with zero attached hydrogens (tertiary/aromatic N) is 2. The third-order valence-electron chi connectivity index (χ3n) is 3.15. The van der Waals surface area contributed by atoms with Gasteiger partial charge < -0.3 is 5.73 Å². The molecular weight excluding hydrogens is 330 g/mol. The maximum Gasteiger partial charge on any atom is 0.213 e.